The van der Waals surface area contributed by atoms with Gasteiger partial charge in [-0.05, 0) is 61.0 Å². The molecule has 0 amide bonds. The average molecular weight is 815 g/mol. The predicted molar refractivity (Wildman–Crippen MR) is 156 cm³/mol. The number of aliphatic imine (C=N–C) groups is 2. The standard InChI is InChI=1S/C28H14F12N2O2.2C2H4O2.Co/c29-25(30,31)17-5-15(23(43)19(9-17)27(35,36)37)11-41-21-7-13-3-1-2-4-14(13)8-22(21)42-12-16-6-18(26(32,33)34)10-20(24(16)44)28(38,39)40;2*1-2(3)4;/h1-12,43-44H;2*1H3,(H,3,4);/q;;;+2/p-2. The van der Waals surface area contributed by atoms with Crippen LogP contribution in [0.2, 0.25) is 0 Å². The fraction of sp³-hybridized carbons (Fsp3) is 0.188. The maximum atomic E-state index is 13.3. The molecule has 2 N–H and O–H groups in total. The van der Waals surface area contributed by atoms with Crippen molar-refractivity contribution >= 4 is 46.5 Å². The topological polar surface area (TPSA) is 145 Å². The van der Waals surface area contributed by atoms with Crippen LogP contribution in [0.5, 0.6) is 11.5 Å². The Hall–Kier alpha value is -5.31. The molecule has 0 aliphatic heterocycles. The molecular formula is C32H20CoF12N2O6. The first-order chi connectivity index (χ1) is 23.6. The van der Waals surface area contributed by atoms with E-state index in [4.69, 9.17) is 19.8 Å². The number of carboxylic acids is 2. The number of carboxylic acid groups (broad SMARTS) is 2. The fourth-order valence-corrected chi connectivity index (χ4v) is 3.97. The van der Waals surface area contributed by atoms with Gasteiger partial charge in [0.05, 0.1) is 33.6 Å². The Morgan fingerprint density at radius 3 is 1.09 bits per heavy atom. The van der Waals surface area contributed by atoms with Crippen molar-refractivity contribution in [3.05, 3.63) is 94.0 Å². The summed E-state index contributed by atoms with van der Waals surface area (Å²) in [5.41, 5.74) is -10.2. The number of carbonyl (C=O) groups is 2. The number of benzene rings is 4. The van der Waals surface area contributed by atoms with Gasteiger partial charge in [-0.1, -0.05) is 24.3 Å². The molecule has 4 aromatic rings. The molecular weight excluding hydrogens is 795 g/mol. The molecule has 0 fully saturated rings. The minimum atomic E-state index is -5.39. The van der Waals surface area contributed by atoms with Crippen molar-refractivity contribution < 1.29 is 99.5 Å². The van der Waals surface area contributed by atoms with Gasteiger partial charge < -0.3 is 30.0 Å². The van der Waals surface area contributed by atoms with Crippen LogP contribution in [-0.4, -0.2) is 34.6 Å². The Morgan fingerprint density at radius 2 is 0.849 bits per heavy atom. The van der Waals surface area contributed by atoms with Gasteiger partial charge in [0.1, 0.15) is 11.5 Å². The molecule has 0 aliphatic rings. The molecule has 1 radical (unpaired) electrons. The Balaban J connectivity index is 0.00000142. The van der Waals surface area contributed by atoms with Crippen LogP contribution in [0.25, 0.3) is 10.8 Å². The van der Waals surface area contributed by atoms with Crippen LogP contribution in [0, 0.1) is 0 Å². The smallest absolute Gasteiger partial charge is 0.550 e. The number of nitrogens with zero attached hydrogens (tertiary/aromatic N) is 2. The summed E-state index contributed by atoms with van der Waals surface area (Å²) in [7, 11) is 0. The summed E-state index contributed by atoms with van der Waals surface area (Å²) in [6, 6.07) is 8.36. The SMILES string of the molecule is CC(=O)[O-].CC(=O)[O-].Oc1c(C=Nc2cc3ccccc3cc2N=Cc2cc(C(F)(F)F)cc(C(F)(F)F)c2O)cc(C(F)(F)F)cc1C(F)(F)F.[Co+2]. The van der Waals surface area contributed by atoms with E-state index < -0.39 is 81.5 Å². The Labute approximate surface area is 299 Å². The molecule has 0 unspecified atom stereocenters. The molecule has 4 rings (SSSR count). The van der Waals surface area contributed by atoms with Crippen molar-refractivity contribution in [2.75, 3.05) is 0 Å². The molecule has 0 atom stereocenters. The maximum absolute atomic E-state index is 13.3. The van der Waals surface area contributed by atoms with Gasteiger partial charge in [0, 0.05) is 35.5 Å². The summed E-state index contributed by atoms with van der Waals surface area (Å²) in [6.07, 6.45) is -20.4. The molecule has 8 nitrogen and oxygen atoms in total. The van der Waals surface area contributed by atoms with Crippen LogP contribution in [0.4, 0.5) is 64.1 Å². The van der Waals surface area contributed by atoms with Gasteiger partial charge in [-0.15, -0.1) is 0 Å². The zero-order valence-corrected chi connectivity index (χ0v) is 27.3. The number of hydrogen-bond donors (Lipinski definition) is 2. The van der Waals surface area contributed by atoms with Gasteiger partial charge in [-0.3, -0.25) is 9.98 Å². The summed E-state index contributed by atoms with van der Waals surface area (Å²) in [6.45, 7) is 1.94. The number of hydrogen-bond acceptors (Lipinski definition) is 8. The normalized spacial score (nSPS) is 12.1. The molecule has 0 spiro atoms. The molecule has 0 aromatic heterocycles. The van der Waals surface area contributed by atoms with Crippen LogP contribution in [0.1, 0.15) is 47.2 Å². The number of phenols is 2. The van der Waals surface area contributed by atoms with Crippen LogP contribution in [-0.2, 0) is 51.1 Å². The number of aromatic hydroxyl groups is 2. The number of aliphatic carboxylic acids is 2. The second-order valence-electron chi connectivity index (χ2n) is 10.1. The van der Waals surface area contributed by atoms with Crippen molar-refractivity contribution in [1.29, 1.82) is 0 Å². The first-order valence-electron chi connectivity index (χ1n) is 13.6. The van der Waals surface area contributed by atoms with Crippen LogP contribution in [0.15, 0.2) is 70.6 Å². The number of rotatable bonds is 4. The summed E-state index contributed by atoms with van der Waals surface area (Å²) in [5, 5.41) is 38.7. The monoisotopic (exact) mass is 815 g/mol. The molecule has 0 bridgehead atoms. The van der Waals surface area contributed by atoms with Crippen molar-refractivity contribution in [1.82, 2.24) is 0 Å². The van der Waals surface area contributed by atoms with Gasteiger partial charge in [-0.2, -0.15) is 52.7 Å². The maximum Gasteiger partial charge on any atom is 2.00 e. The molecule has 0 aliphatic carbocycles. The van der Waals surface area contributed by atoms with E-state index in [1.54, 1.807) is 12.1 Å². The van der Waals surface area contributed by atoms with Gasteiger partial charge in [0.2, 0.25) is 0 Å². The van der Waals surface area contributed by atoms with E-state index in [1.807, 2.05) is 0 Å². The molecule has 0 saturated heterocycles. The van der Waals surface area contributed by atoms with Crippen LogP contribution < -0.4 is 10.2 Å². The summed E-state index contributed by atoms with van der Waals surface area (Å²) >= 11 is 0. The largest absolute Gasteiger partial charge is 2.00 e. The molecule has 0 heterocycles. The minimum absolute atomic E-state index is 0. The quantitative estimate of drug-likeness (QED) is 0.163. The van der Waals surface area contributed by atoms with E-state index in [9.17, 15) is 62.9 Å². The zero-order valence-electron chi connectivity index (χ0n) is 26.2. The third-order valence-corrected chi connectivity index (χ3v) is 6.07. The number of halogens is 12. The first kappa shape index (κ1) is 45.7. The Bertz CT molecular complexity index is 1860. The van der Waals surface area contributed by atoms with Crippen molar-refractivity contribution in [2.24, 2.45) is 9.98 Å². The number of fused-ring (bicyclic) bond motifs is 1. The number of alkyl halides is 12. The summed E-state index contributed by atoms with van der Waals surface area (Å²) in [5.74, 6) is -5.35. The van der Waals surface area contributed by atoms with Crippen molar-refractivity contribution in [3.8, 4) is 11.5 Å². The van der Waals surface area contributed by atoms with Gasteiger partial charge in [0.25, 0.3) is 0 Å². The second kappa shape index (κ2) is 17.5. The molecule has 287 valence electrons. The number of carbonyl (C=O) groups excluding carboxylic acids is 2. The van der Waals surface area contributed by atoms with E-state index in [0.717, 1.165) is 13.8 Å². The van der Waals surface area contributed by atoms with Crippen molar-refractivity contribution in [2.45, 2.75) is 38.6 Å². The first-order valence-corrected chi connectivity index (χ1v) is 13.6. The third-order valence-electron chi connectivity index (χ3n) is 6.07. The number of phenolic OH excluding ortho intramolecular Hbond substituents is 2. The van der Waals surface area contributed by atoms with E-state index >= 15 is 0 Å². The van der Waals surface area contributed by atoms with Crippen LogP contribution >= 0.6 is 0 Å². The van der Waals surface area contributed by atoms with Crippen molar-refractivity contribution in [3.63, 3.8) is 0 Å². The molecule has 53 heavy (non-hydrogen) atoms. The van der Waals surface area contributed by atoms with E-state index in [0.29, 0.717) is 23.2 Å². The Morgan fingerprint density at radius 1 is 0.566 bits per heavy atom. The molecule has 21 heteroatoms. The van der Waals surface area contributed by atoms with E-state index in [-0.39, 0.29) is 52.4 Å². The van der Waals surface area contributed by atoms with Gasteiger partial charge in [-0.25, -0.2) is 0 Å². The summed E-state index contributed by atoms with van der Waals surface area (Å²) < 4.78 is 160. The van der Waals surface area contributed by atoms with Crippen LogP contribution in [0.3, 0.4) is 0 Å². The fourth-order valence-electron chi connectivity index (χ4n) is 3.97. The average Bonchev–Trinajstić information content (AvgIpc) is 2.97. The second-order valence-corrected chi connectivity index (χ2v) is 10.1. The zero-order chi connectivity index (χ0) is 40.0. The summed E-state index contributed by atoms with van der Waals surface area (Å²) in [4.78, 5) is 25.4. The van der Waals surface area contributed by atoms with Gasteiger partial charge >= 0.3 is 41.5 Å². The molecule has 0 saturated carbocycles. The predicted octanol–water partition coefficient (Wildman–Crippen LogP) is 7.34. The molecule has 4 aromatic carbocycles. The minimum Gasteiger partial charge on any atom is -0.550 e. The van der Waals surface area contributed by atoms with E-state index in [1.165, 1.54) is 24.3 Å². The third kappa shape index (κ3) is 13.3. The van der Waals surface area contributed by atoms with Gasteiger partial charge in [0.15, 0.2) is 0 Å². The van der Waals surface area contributed by atoms with E-state index in [2.05, 4.69) is 9.98 Å². The Kier molecular flexibility index (Phi) is 15.1.